The molecule has 0 N–H and O–H groups in total. The van der Waals surface area contributed by atoms with Crippen LogP contribution in [0.4, 0.5) is 11.4 Å². The summed E-state index contributed by atoms with van der Waals surface area (Å²) in [7, 11) is -3.77. The summed E-state index contributed by atoms with van der Waals surface area (Å²) < 4.78 is 26.9. The molecule has 7 heteroatoms. The van der Waals surface area contributed by atoms with Crippen LogP contribution in [0.25, 0.3) is 0 Å². The Hall–Kier alpha value is -2.41. The van der Waals surface area contributed by atoms with Gasteiger partial charge in [-0.1, -0.05) is 18.2 Å². The first kappa shape index (κ1) is 16.0. The summed E-state index contributed by atoms with van der Waals surface area (Å²) in [5.41, 5.74) is 0.783. The Labute approximate surface area is 129 Å². The van der Waals surface area contributed by atoms with Gasteiger partial charge in [0, 0.05) is 18.7 Å². The predicted octanol–water partition coefficient (Wildman–Crippen LogP) is 3.12. The Bertz CT molecular complexity index is 788. The fourth-order valence-corrected chi connectivity index (χ4v) is 3.92. The van der Waals surface area contributed by atoms with Gasteiger partial charge in [-0.3, -0.25) is 14.4 Å². The van der Waals surface area contributed by atoms with Crippen LogP contribution in [-0.2, 0) is 10.0 Å². The average molecular weight is 320 g/mol. The fourth-order valence-electron chi connectivity index (χ4n) is 2.24. The van der Waals surface area contributed by atoms with Gasteiger partial charge in [-0.25, -0.2) is 8.42 Å². The van der Waals surface area contributed by atoms with Crippen molar-refractivity contribution in [3.05, 3.63) is 64.2 Å². The number of nitro groups is 1. The molecule has 0 unspecified atom stereocenters. The quantitative estimate of drug-likeness (QED) is 0.626. The van der Waals surface area contributed by atoms with Crippen LogP contribution in [0, 0.1) is 17.0 Å². The lowest BCUT2D eigenvalue weighted by Crippen LogP contribution is -2.31. The van der Waals surface area contributed by atoms with Crippen LogP contribution in [0.5, 0.6) is 0 Å². The molecule has 0 bridgehead atoms. The zero-order valence-electron chi connectivity index (χ0n) is 12.3. The summed E-state index contributed by atoms with van der Waals surface area (Å²) in [4.78, 5) is 10.3. The highest BCUT2D eigenvalue weighted by Gasteiger charge is 2.26. The average Bonchev–Trinajstić information content (AvgIpc) is 2.48. The Morgan fingerprint density at radius 2 is 1.77 bits per heavy atom. The molecule has 0 aliphatic heterocycles. The number of hydrogen-bond acceptors (Lipinski definition) is 4. The van der Waals surface area contributed by atoms with Crippen LogP contribution in [0.1, 0.15) is 12.5 Å². The molecule has 0 amide bonds. The molecule has 0 aliphatic carbocycles. The fraction of sp³-hybridized carbons (Fsp3) is 0.200. The Balaban J connectivity index is 2.52. The molecule has 0 fully saturated rings. The Morgan fingerprint density at radius 3 is 2.27 bits per heavy atom. The van der Waals surface area contributed by atoms with Crippen LogP contribution in [0.3, 0.4) is 0 Å². The van der Waals surface area contributed by atoms with Crippen molar-refractivity contribution in [1.82, 2.24) is 0 Å². The molecule has 0 saturated heterocycles. The zero-order valence-corrected chi connectivity index (χ0v) is 13.1. The van der Waals surface area contributed by atoms with Gasteiger partial charge in [0.2, 0.25) is 0 Å². The minimum atomic E-state index is -3.77. The van der Waals surface area contributed by atoms with Gasteiger partial charge in [0.15, 0.2) is 0 Å². The molecule has 0 aromatic heterocycles. The maximum atomic E-state index is 12.8. The molecule has 0 radical (unpaired) electrons. The van der Waals surface area contributed by atoms with Gasteiger partial charge in [-0.15, -0.1) is 0 Å². The third-order valence-electron chi connectivity index (χ3n) is 3.27. The van der Waals surface area contributed by atoms with Crippen molar-refractivity contribution in [3.63, 3.8) is 0 Å². The monoisotopic (exact) mass is 320 g/mol. The summed E-state index contributed by atoms with van der Waals surface area (Å²) in [6.45, 7) is 3.56. The lowest BCUT2D eigenvalue weighted by atomic mass is 10.2. The number of aryl methyl sites for hydroxylation is 1. The van der Waals surface area contributed by atoms with Crippen LogP contribution in [0.2, 0.25) is 0 Å². The molecular formula is C15H16N2O4S. The molecule has 2 aromatic carbocycles. The second-order valence-electron chi connectivity index (χ2n) is 4.71. The third kappa shape index (κ3) is 2.94. The van der Waals surface area contributed by atoms with Crippen molar-refractivity contribution in [3.8, 4) is 0 Å². The molecule has 0 heterocycles. The van der Waals surface area contributed by atoms with Crippen molar-refractivity contribution in [2.45, 2.75) is 18.7 Å². The van der Waals surface area contributed by atoms with Crippen LogP contribution in [0.15, 0.2) is 53.4 Å². The van der Waals surface area contributed by atoms with E-state index in [0.717, 1.165) is 0 Å². The molecule has 116 valence electrons. The number of non-ortho nitro benzene ring substituents is 1. The van der Waals surface area contributed by atoms with Gasteiger partial charge in [0.05, 0.1) is 15.5 Å². The van der Waals surface area contributed by atoms with Crippen molar-refractivity contribution in [2.75, 3.05) is 10.8 Å². The SMILES string of the molecule is CCN(c1ccccc1)S(=O)(=O)c1ccc([N+](=O)[O-])cc1C. The van der Waals surface area contributed by atoms with Gasteiger partial charge in [-0.2, -0.15) is 0 Å². The lowest BCUT2D eigenvalue weighted by molar-refractivity contribution is -0.385. The number of benzene rings is 2. The lowest BCUT2D eigenvalue weighted by Gasteiger charge is -2.23. The highest BCUT2D eigenvalue weighted by molar-refractivity contribution is 7.92. The van der Waals surface area contributed by atoms with E-state index >= 15 is 0 Å². The summed E-state index contributed by atoms with van der Waals surface area (Å²) >= 11 is 0. The predicted molar refractivity (Wildman–Crippen MR) is 84.5 cm³/mol. The van der Waals surface area contributed by atoms with Crippen LogP contribution < -0.4 is 4.31 Å². The molecular weight excluding hydrogens is 304 g/mol. The van der Waals surface area contributed by atoms with Crippen molar-refractivity contribution >= 4 is 21.4 Å². The molecule has 6 nitrogen and oxygen atoms in total. The number of para-hydroxylation sites is 1. The minimum absolute atomic E-state index is 0.0730. The molecule has 0 aliphatic rings. The van der Waals surface area contributed by atoms with Gasteiger partial charge in [-0.05, 0) is 37.6 Å². The van der Waals surface area contributed by atoms with E-state index in [0.29, 0.717) is 11.3 Å². The first-order valence-electron chi connectivity index (χ1n) is 6.70. The minimum Gasteiger partial charge on any atom is -0.267 e. The van der Waals surface area contributed by atoms with E-state index in [2.05, 4.69) is 0 Å². The van der Waals surface area contributed by atoms with Crippen molar-refractivity contribution in [2.24, 2.45) is 0 Å². The molecule has 0 atom stereocenters. The Morgan fingerprint density at radius 1 is 1.14 bits per heavy atom. The molecule has 22 heavy (non-hydrogen) atoms. The summed E-state index contributed by atoms with van der Waals surface area (Å²) in [6.07, 6.45) is 0. The third-order valence-corrected chi connectivity index (χ3v) is 5.33. The van der Waals surface area contributed by atoms with Gasteiger partial charge in [0.25, 0.3) is 15.7 Å². The molecule has 2 aromatic rings. The number of rotatable bonds is 5. The molecule has 0 saturated carbocycles. The van der Waals surface area contributed by atoms with Crippen LogP contribution in [-0.4, -0.2) is 19.9 Å². The topological polar surface area (TPSA) is 80.5 Å². The summed E-state index contributed by atoms with van der Waals surface area (Å²) in [5, 5.41) is 10.8. The summed E-state index contributed by atoms with van der Waals surface area (Å²) in [6, 6.07) is 12.5. The van der Waals surface area contributed by atoms with Crippen molar-refractivity contribution < 1.29 is 13.3 Å². The second kappa shape index (κ2) is 6.15. The Kier molecular flexibility index (Phi) is 4.46. The highest BCUT2D eigenvalue weighted by Crippen LogP contribution is 2.27. The van der Waals surface area contributed by atoms with E-state index in [9.17, 15) is 18.5 Å². The van der Waals surface area contributed by atoms with Crippen molar-refractivity contribution in [1.29, 1.82) is 0 Å². The van der Waals surface area contributed by atoms with E-state index in [4.69, 9.17) is 0 Å². The maximum absolute atomic E-state index is 12.8. The second-order valence-corrected chi connectivity index (χ2v) is 6.54. The van der Waals surface area contributed by atoms with Gasteiger partial charge < -0.3 is 0 Å². The maximum Gasteiger partial charge on any atom is 0.269 e. The van der Waals surface area contributed by atoms with E-state index in [1.165, 1.54) is 22.5 Å². The number of sulfonamides is 1. The number of nitro benzene ring substituents is 1. The van der Waals surface area contributed by atoms with E-state index in [1.54, 1.807) is 44.2 Å². The number of anilines is 1. The first-order chi connectivity index (χ1) is 10.4. The largest absolute Gasteiger partial charge is 0.269 e. The molecule has 2 rings (SSSR count). The smallest absolute Gasteiger partial charge is 0.267 e. The van der Waals surface area contributed by atoms with Gasteiger partial charge >= 0.3 is 0 Å². The highest BCUT2D eigenvalue weighted by atomic mass is 32.2. The van der Waals surface area contributed by atoms with E-state index < -0.39 is 14.9 Å². The zero-order chi connectivity index (χ0) is 16.3. The molecule has 0 spiro atoms. The number of nitrogens with zero attached hydrogens (tertiary/aromatic N) is 2. The van der Waals surface area contributed by atoms with Crippen LogP contribution >= 0.6 is 0 Å². The normalized spacial score (nSPS) is 11.2. The standard InChI is InChI=1S/C15H16N2O4S/c1-3-16(13-7-5-4-6-8-13)22(20,21)15-10-9-14(17(18)19)11-12(15)2/h4-11H,3H2,1-2H3. The summed E-state index contributed by atoms with van der Waals surface area (Å²) in [5.74, 6) is 0. The number of hydrogen-bond donors (Lipinski definition) is 0. The van der Waals surface area contributed by atoms with E-state index in [-0.39, 0.29) is 17.1 Å². The van der Waals surface area contributed by atoms with E-state index in [1.807, 2.05) is 0 Å². The first-order valence-corrected chi connectivity index (χ1v) is 8.14. The van der Waals surface area contributed by atoms with Gasteiger partial charge in [0.1, 0.15) is 0 Å².